The van der Waals surface area contributed by atoms with Crippen molar-refractivity contribution in [2.45, 2.75) is 25.8 Å². The number of carbonyl (C=O) groups is 1. The number of benzene rings is 2. The van der Waals surface area contributed by atoms with Gasteiger partial charge in [-0.2, -0.15) is 0 Å². The summed E-state index contributed by atoms with van der Waals surface area (Å²) < 4.78 is 12.8. The van der Waals surface area contributed by atoms with E-state index < -0.39 is 0 Å². The number of ketones is 1. The molecule has 1 N–H and O–H groups in total. The smallest absolute Gasteiger partial charge is 0.231 e. The van der Waals surface area contributed by atoms with E-state index >= 15 is 0 Å². The summed E-state index contributed by atoms with van der Waals surface area (Å²) in [6, 6.07) is 13.7. The van der Waals surface area contributed by atoms with Crippen molar-refractivity contribution < 1.29 is 14.3 Å². The summed E-state index contributed by atoms with van der Waals surface area (Å²) in [4.78, 5) is 21.4. The fourth-order valence-electron chi connectivity index (χ4n) is 4.02. The van der Waals surface area contributed by atoms with Crippen LogP contribution in [0.15, 0.2) is 61.1 Å². The van der Waals surface area contributed by atoms with Crippen molar-refractivity contribution in [1.29, 1.82) is 0 Å². The normalized spacial score (nSPS) is 14.6. The van der Waals surface area contributed by atoms with Gasteiger partial charge in [-0.25, -0.2) is 9.97 Å². The molecule has 0 atom stereocenters. The third-order valence-electron chi connectivity index (χ3n) is 6.00. The van der Waals surface area contributed by atoms with Crippen LogP contribution >= 0.6 is 0 Å². The molecule has 2 aliphatic rings. The molecule has 2 aromatic heterocycles. The molecule has 0 unspecified atom stereocenters. The first-order chi connectivity index (χ1) is 15.7. The van der Waals surface area contributed by atoms with Crippen LogP contribution in [0.3, 0.4) is 0 Å². The van der Waals surface area contributed by atoms with Gasteiger partial charge in [0.1, 0.15) is 0 Å². The predicted octanol–water partition coefficient (Wildman–Crippen LogP) is 4.72. The highest BCUT2D eigenvalue weighted by Crippen LogP contribution is 2.34. The summed E-state index contributed by atoms with van der Waals surface area (Å²) in [7, 11) is 0. The van der Waals surface area contributed by atoms with E-state index in [1.165, 1.54) is 12.8 Å². The van der Waals surface area contributed by atoms with Gasteiger partial charge >= 0.3 is 0 Å². The number of Topliss-reactive ketones (excluding diaryl/α,β-unsaturated/α-hetero) is 1. The van der Waals surface area contributed by atoms with Crippen LogP contribution in [-0.2, 0) is 6.54 Å². The number of rotatable bonds is 7. The Morgan fingerprint density at radius 1 is 1.06 bits per heavy atom. The Balaban J connectivity index is 1.22. The van der Waals surface area contributed by atoms with Crippen LogP contribution in [0.1, 0.15) is 35.2 Å². The highest BCUT2D eigenvalue weighted by molar-refractivity contribution is 5.96. The lowest BCUT2D eigenvalue weighted by Gasteiger charge is -2.09. The third kappa shape index (κ3) is 3.56. The molecule has 0 amide bonds. The van der Waals surface area contributed by atoms with Crippen LogP contribution in [0.4, 0.5) is 5.82 Å². The lowest BCUT2D eigenvalue weighted by molar-refractivity contribution is 0.0976. The topological polar surface area (TPSA) is 77.8 Å². The molecule has 1 saturated carbocycles. The van der Waals surface area contributed by atoms with Crippen molar-refractivity contribution in [3.05, 3.63) is 72.2 Å². The minimum atomic E-state index is 0.233. The van der Waals surface area contributed by atoms with Crippen LogP contribution < -0.4 is 14.8 Å². The summed E-state index contributed by atoms with van der Waals surface area (Å²) in [5, 5.41) is 3.37. The number of anilines is 1. The van der Waals surface area contributed by atoms with Gasteiger partial charge < -0.3 is 14.8 Å². The zero-order valence-corrected chi connectivity index (χ0v) is 17.5. The molecule has 6 rings (SSSR count). The van der Waals surface area contributed by atoms with Gasteiger partial charge in [0.25, 0.3) is 0 Å². The Labute approximate surface area is 185 Å². The molecule has 32 heavy (non-hydrogen) atoms. The molecule has 7 heteroatoms. The van der Waals surface area contributed by atoms with E-state index in [1.54, 1.807) is 6.20 Å². The van der Waals surface area contributed by atoms with Crippen LogP contribution in [-0.4, -0.2) is 26.9 Å². The van der Waals surface area contributed by atoms with Crippen molar-refractivity contribution in [3.63, 3.8) is 0 Å². The Kier molecular flexibility index (Phi) is 4.52. The van der Waals surface area contributed by atoms with Gasteiger partial charge in [0, 0.05) is 36.5 Å². The van der Waals surface area contributed by atoms with Crippen LogP contribution in [0.2, 0.25) is 0 Å². The first kappa shape index (κ1) is 18.9. The molecule has 3 heterocycles. The number of hydrogen-bond donors (Lipinski definition) is 1. The molecule has 2 aromatic carbocycles. The number of nitrogens with zero attached hydrogens (tertiary/aromatic N) is 3. The van der Waals surface area contributed by atoms with Crippen LogP contribution in [0, 0.1) is 5.92 Å². The lowest BCUT2D eigenvalue weighted by Crippen LogP contribution is -2.04. The molecular formula is C25H22N4O3. The average Bonchev–Trinajstić information content (AvgIpc) is 3.33. The molecule has 1 aliphatic carbocycles. The number of hydrogen-bond acceptors (Lipinski definition) is 6. The number of carbonyl (C=O) groups excluding carboxylic acids is 1. The lowest BCUT2D eigenvalue weighted by atomic mass is 10.0. The number of fused-ring (bicyclic) bond motifs is 2. The van der Waals surface area contributed by atoms with Gasteiger partial charge in [-0.1, -0.05) is 30.3 Å². The van der Waals surface area contributed by atoms with Crippen molar-refractivity contribution in [1.82, 2.24) is 14.4 Å². The molecule has 0 spiro atoms. The van der Waals surface area contributed by atoms with E-state index in [2.05, 4.69) is 15.3 Å². The van der Waals surface area contributed by atoms with Crippen molar-refractivity contribution in [2.75, 3.05) is 12.1 Å². The number of aromatic nitrogens is 3. The van der Waals surface area contributed by atoms with Crippen molar-refractivity contribution >= 4 is 17.2 Å². The average molecular weight is 426 g/mol. The van der Waals surface area contributed by atoms with Crippen LogP contribution in [0.5, 0.6) is 11.5 Å². The Morgan fingerprint density at radius 2 is 1.91 bits per heavy atom. The van der Waals surface area contributed by atoms with E-state index in [9.17, 15) is 4.79 Å². The largest absolute Gasteiger partial charge is 0.454 e. The molecule has 0 bridgehead atoms. The summed E-state index contributed by atoms with van der Waals surface area (Å²) in [5.41, 5.74) is 4.55. The summed E-state index contributed by atoms with van der Waals surface area (Å²) in [6.07, 6.45) is 8.53. The van der Waals surface area contributed by atoms with E-state index in [0.717, 1.165) is 39.5 Å². The van der Waals surface area contributed by atoms with Crippen molar-refractivity contribution in [2.24, 2.45) is 5.92 Å². The van der Waals surface area contributed by atoms with Gasteiger partial charge in [0.15, 0.2) is 28.7 Å². The van der Waals surface area contributed by atoms with Gasteiger partial charge in [-0.05, 0) is 36.5 Å². The summed E-state index contributed by atoms with van der Waals surface area (Å²) in [5.74, 6) is 3.06. The van der Waals surface area contributed by atoms with Gasteiger partial charge in [0.05, 0.1) is 11.9 Å². The quantitative estimate of drug-likeness (QED) is 0.431. The summed E-state index contributed by atoms with van der Waals surface area (Å²) >= 11 is 0. The molecule has 4 aromatic rings. The highest BCUT2D eigenvalue weighted by Gasteiger charge is 2.25. The monoisotopic (exact) mass is 426 g/mol. The fourth-order valence-corrected chi connectivity index (χ4v) is 4.02. The fraction of sp³-hybridized carbons (Fsp3) is 0.240. The molecule has 1 aliphatic heterocycles. The van der Waals surface area contributed by atoms with Crippen LogP contribution in [0.25, 0.3) is 16.9 Å². The molecule has 7 nitrogen and oxygen atoms in total. The molecular weight excluding hydrogens is 404 g/mol. The highest BCUT2D eigenvalue weighted by atomic mass is 16.7. The zero-order valence-electron chi connectivity index (χ0n) is 17.5. The Hall–Kier alpha value is -3.87. The summed E-state index contributed by atoms with van der Waals surface area (Å²) in [6.45, 7) is 0.850. The van der Waals surface area contributed by atoms with Gasteiger partial charge in [0.2, 0.25) is 6.79 Å². The zero-order chi connectivity index (χ0) is 21.5. The van der Waals surface area contributed by atoms with E-state index in [1.807, 2.05) is 59.3 Å². The second kappa shape index (κ2) is 7.67. The standard InChI is InChI=1S/C25H22N4O3/c30-21(11-16-1-2-16)19-6-4-18(5-7-19)20-14-28-25-24(26-9-10-29(20)25)27-13-17-3-8-22-23(12-17)32-15-31-22/h3-10,12,14,16H,1-2,11,13,15H2,(H,26,27). The predicted molar refractivity (Wildman–Crippen MR) is 120 cm³/mol. The van der Waals surface area contributed by atoms with E-state index in [4.69, 9.17) is 9.47 Å². The maximum atomic E-state index is 12.4. The number of ether oxygens (including phenoxy) is 2. The van der Waals surface area contributed by atoms with Crippen molar-refractivity contribution in [3.8, 4) is 22.8 Å². The van der Waals surface area contributed by atoms with E-state index in [0.29, 0.717) is 24.7 Å². The Morgan fingerprint density at radius 3 is 2.75 bits per heavy atom. The molecule has 0 radical (unpaired) electrons. The minimum absolute atomic E-state index is 0.233. The first-order valence-corrected chi connectivity index (χ1v) is 10.8. The maximum Gasteiger partial charge on any atom is 0.231 e. The second-order valence-electron chi connectivity index (χ2n) is 8.30. The second-order valence-corrected chi connectivity index (χ2v) is 8.30. The SMILES string of the molecule is O=C(CC1CC1)c1ccc(-c2cnc3c(NCc4ccc5c(c4)OCO5)nccn23)cc1. The van der Waals surface area contributed by atoms with Gasteiger partial charge in [-0.3, -0.25) is 9.20 Å². The minimum Gasteiger partial charge on any atom is -0.454 e. The maximum absolute atomic E-state index is 12.4. The molecule has 160 valence electrons. The number of nitrogens with one attached hydrogen (secondary N) is 1. The molecule has 0 saturated heterocycles. The van der Waals surface area contributed by atoms with Gasteiger partial charge in [-0.15, -0.1) is 0 Å². The van der Waals surface area contributed by atoms with E-state index in [-0.39, 0.29) is 12.6 Å². The third-order valence-corrected chi connectivity index (χ3v) is 6.00. The number of imidazole rings is 1. The Bertz CT molecular complexity index is 1310. The first-order valence-electron chi connectivity index (χ1n) is 10.8. The molecule has 1 fully saturated rings.